The van der Waals surface area contributed by atoms with Crippen molar-refractivity contribution in [3.05, 3.63) is 59.4 Å². The van der Waals surface area contributed by atoms with Crippen molar-refractivity contribution >= 4 is 11.7 Å². The zero-order chi connectivity index (χ0) is 15.4. The van der Waals surface area contributed by atoms with Crippen molar-refractivity contribution in [2.45, 2.75) is 12.6 Å². The lowest BCUT2D eigenvalue weighted by atomic mass is 10.1. The molecule has 0 fully saturated rings. The highest BCUT2D eigenvalue weighted by Crippen LogP contribution is 2.14. The molecule has 21 heavy (non-hydrogen) atoms. The van der Waals surface area contributed by atoms with Gasteiger partial charge in [0.05, 0.1) is 0 Å². The van der Waals surface area contributed by atoms with E-state index in [-0.39, 0.29) is 17.7 Å². The van der Waals surface area contributed by atoms with Gasteiger partial charge in [0.15, 0.2) is 0 Å². The number of benzene rings is 1. The normalized spacial score (nSPS) is 12.0. The summed E-state index contributed by atoms with van der Waals surface area (Å²) < 4.78 is 26.5. The molecule has 0 bridgehead atoms. The molecular weight excluding hydrogens is 282 g/mol. The van der Waals surface area contributed by atoms with E-state index in [9.17, 15) is 18.7 Å². The van der Waals surface area contributed by atoms with Crippen LogP contribution in [0.1, 0.15) is 16.1 Å². The number of carboxylic acid groups (broad SMARTS) is 1. The number of aliphatic hydroxyl groups excluding tert-OH is 1. The molecule has 1 heterocycles. The number of rotatable bonds is 5. The topological polar surface area (TPSA) is 82.5 Å². The smallest absolute Gasteiger partial charge is 0.354 e. The molecule has 0 saturated carbocycles. The van der Waals surface area contributed by atoms with Crippen LogP contribution in [0.3, 0.4) is 0 Å². The van der Waals surface area contributed by atoms with E-state index in [1.807, 2.05) is 0 Å². The maximum Gasteiger partial charge on any atom is 0.354 e. The van der Waals surface area contributed by atoms with Gasteiger partial charge in [0.1, 0.15) is 23.6 Å². The van der Waals surface area contributed by atoms with Crippen molar-refractivity contribution in [1.82, 2.24) is 4.98 Å². The van der Waals surface area contributed by atoms with Gasteiger partial charge in [-0.25, -0.2) is 18.6 Å². The van der Waals surface area contributed by atoms with Gasteiger partial charge in [-0.3, -0.25) is 0 Å². The number of aromatic nitrogens is 1. The van der Waals surface area contributed by atoms with Crippen LogP contribution in [-0.2, 0) is 6.42 Å². The summed E-state index contributed by atoms with van der Waals surface area (Å²) in [5.41, 5.74) is 0.137. The van der Waals surface area contributed by atoms with Gasteiger partial charge in [-0.15, -0.1) is 0 Å². The minimum absolute atomic E-state index is 0.0162. The number of anilines is 1. The van der Waals surface area contributed by atoms with Crippen molar-refractivity contribution in [3.63, 3.8) is 0 Å². The Morgan fingerprint density at radius 3 is 2.76 bits per heavy atom. The Balaban J connectivity index is 2.08. The molecule has 0 radical (unpaired) electrons. The Kier molecular flexibility index (Phi) is 4.44. The molecular formula is C14H12F2N2O3. The SMILES string of the molecule is O=C(O)c1cc(N[C@H](O)Cc2cc(F)ccc2F)ccn1. The fraction of sp³-hybridized carbons (Fsp3) is 0.143. The fourth-order valence-electron chi connectivity index (χ4n) is 1.79. The molecule has 110 valence electrons. The van der Waals surface area contributed by atoms with Gasteiger partial charge in [0.25, 0.3) is 0 Å². The molecule has 0 spiro atoms. The lowest BCUT2D eigenvalue weighted by Crippen LogP contribution is -2.22. The monoisotopic (exact) mass is 294 g/mol. The number of hydrogen-bond donors (Lipinski definition) is 3. The van der Waals surface area contributed by atoms with Gasteiger partial charge in [-0.2, -0.15) is 0 Å². The summed E-state index contributed by atoms with van der Waals surface area (Å²) in [4.78, 5) is 14.4. The number of aliphatic hydroxyl groups is 1. The number of carbonyl (C=O) groups is 1. The molecule has 0 aliphatic heterocycles. The van der Waals surface area contributed by atoms with Crippen molar-refractivity contribution in [2.24, 2.45) is 0 Å². The van der Waals surface area contributed by atoms with E-state index >= 15 is 0 Å². The molecule has 1 aromatic heterocycles. The summed E-state index contributed by atoms with van der Waals surface area (Å²) in [7, 11) is 0. The first-order valence-electron chi connectivity index (χ1n) is 6.03. The molecule has 0 unspecified atom stereocenters. The highest BCUT2D eigenvalue weighted by Gasteiger charge is 2.12. The predicted octanol–water partition coefficient (Wildman–Crippen LogP) is 2.03. The zero-order valence-corrected chi connectivity index (χ0v) is 10.8. The van der Waals surface area contributed by atoms with Gasteiger partial charge in [0, 0.05) is 18.3 Å². The highest BCUT2D eigenvalue weighted by molar-refractivity contribution is 5.86. The van der Waals surface area contributed by atoms with Gasteiger partial charge >= 0.3 is 5.97 Å². The second-order valence-electron chi connectivity index (χ2n) is 4.33. The molecule has 1 aromatic carbocycles. The second kappa shape index (κ2) is 6.27. The van der Waals surface area contributed by atoms with E-state index in [1.165, 1.54) is 18.3 Å². The lowest BCUT2D eigenvalue weighted by Gasteiger charge is -2.15. The number of aromatic carboxylic acids is 1. The van der Waals surface area contributed by atoms with Crippen LogP contribution in [-0.4, -0.2) is 27.4 Å². The van der Waals surface area contributed by atoms with Crippen LogP contribution in [0.15, 0.2) is 36.5 Å². The van der Waals surface area contributed by atoms with E-state index in [2.05, 4.69) is 10.3 Å². The molecule has 2 rings (SSSR count). The number of hydrogen-bond acceptors (Lipinski definition) is 4. The summed E-state index contributed by atoms with van der Waals surface area (Å²) >= 11 is 0. The Labute approximate surface area is 118 Å². The number of carboxylic acids is 1. The van der Waals surface area contributed by atoms with Crippen molar-refractivity contribution in [3.8, 4) is 0 Å². The number of nitrogens with one attached hydrogen (secondary N) is 1. The van der Waals surface area contributed by atoms with Crippen LogP contribution in [0.4, 0.5) is 14.5 Å². The first-order valence-corrected chi connectivity index (χ1v) is 6.03. The Bertz CT molecular complexity index is 664. The molecule has 5 nitrogen and oxygen atoms in total. The molecule has 1 atom stereocenters. The van der Waals surface area contributed by atoms with Gasteiger partial charge < -0.3 is 15.5 Å². The van der Waals surface area contributed by atoms with Crippen LogP contribution < -0.4 is 5.32 Å². The third-order valence-corrected chi connectivity index (χ3v) is 2.73. The predicted molar refractivity (Wildman–Crippen MR) is 70.9 cm³/mol. The molecule has 3 N–H and O–H groups in total. The first kappa shape index (κ1) is 14.9. The summed E-state index contributed by atoms with van der Waals surface area (Å²) in [5.74, 6) is -2.43. The average molecular weight is 294 g/mol. The molecule has 0 saturated heterocycles. The molecule has 0 aliphatic rings. The van der Waals surface area contributed by atoms with Crippen molar-refractivity contribution in [1.29, 1.82) is 0 Å². The van der Waals surface area contributed by atoms with E-state index in [1.54, 1.807) is 0 Å². The second-order valence-corrected chi connectivity index (χ2v) is 4.33. The molecule has 0 aliphatic carbocycles. The van der Waals surface area contributed by atoms with Crippen molar-refractivity contribution < 1.29 is 23.8 Å². The lowest BCUT2D eigenvalue weighted by molar-refractivity contribution is 0.0690. The van der Waals surface area contributed by atoms with Gasteiger partial charge in [-0.1, -0.05) is 0 Å². The molecule has 0 amide bonds. The number of nitrogens with zero attached hydrogens (tertiary/aromatic N) is 1. The van der Waals surface area contributed by atoms with E-state index in [4.69, 9.17) is 5.11 Å². The Morgan fingerprint density at radius 2 is 2.05 bits per heavy atom. The number of pyridine rings is 1. The van der Waals surface area contributed by atoms with Crippen molar-refractivity contribution in [2.75, 3.05) is 5.32 Å². The van der Waals surface area contributed by atoms with E-state index in [0.29, 0.717) is 5.69 Å². The highest BCUT2D eigenvalue weighted by atomic mass is 19.1. The molecule has 2 aromatic rings. The van der Waals surface area contributed by atoms with Crippen LogP contribution in [0.2, 0.25) is 0 Å². The summed E-state index contributed by atoms with van der Waals surface area (Å²) in [6.07, 6.45) is -0.111. The Hall–Kier alpha value is -2.54. The summed E-state index contributed by atoms with van der Waals surface area (Å²) in [6.45, 7) is 0. The average Bonchev–Trinajstić information content (AvgIpc) is 2.43. The third kappa shape index (κ3) is 3.96. The minimum atomic E-state index is -1.20. The third-order valence-electron chi connectivity index (χ3n) is 2.73. The van der Waals surface area contributed by atoms with Crippen LogP contribution in [0, 0.1) is 11.6 Å². The maximum absolute atomic E-state index is 13.4. The van der Waals surface area contributed by atoms with E-state index in [0.717, 1.165) is 18.2 Å². The standard InChI is InChI=1S/C14H12F2N2O3/c15-9-1-2-11(16)8(5-9)6-13(19)18-10-3-4-17-12(7-10)14(20)21/h1-5,7,13,19H,6H2,(H,17,18)(H,20,21)/t13-/m1/s1. The van der Waals surface area contributed by atoms with Crippen LogP contribution in [0.5, 0.6) is 0 Å². The van der Waals surface area contributed by atoms with E-state index < -0.39 is 23.8 Å². The maximum atomic E-state index is 13.4. The fourth-order valence-corrected chi connectivity index (χ4v) is 1.79. The Morgan fingerprint density at radius 1 is 1.29 bits per heavy atom. The minimum Gasteiger partial charge on any atom is -0.477 e. The summed E-state index contributed by atoms with van der Waals surface area (Å²) in [5, 5.41) is 21.2. The van der Waals surface area contributed by atoms with Crippen LogP contribution >= 0.6 is 0 Å². The van der Waals surface area contributed by atoms with Gasteiger partial charge in [0.2, 0.25) is 0 Å². The van der Waals surface area contributed by atoms with Gasteiger partial charge in [-0.05, 0) is 35.9 Å². The first-order chi connectivity index (χ1) is 9.95. The zero-order valence-electron chi connectivity index (χ0n) is 10.8. The summed E-state index contributed by atoms with van der Waals surface area (Å²) in [6, 6.07) is 5.65. The van der Waals surface area contributed by atoms with Crippen LogP contribution in [0.25, 0.3) is 0 Å². The quantitative estimate of drug-likeness (QED) is 0.735. The number of halogens is 2. The largest absolute Gasteiger partial charge is 0.477 e. The molecule has 7 heteroatoms.